The summed E-state index contributed by atoms with van der Waals surface area (Å²) in [6, 6.07) is 8.12. The number of hydrogen-bond donors (Lipinski definition) is 0. The summed E-state index contributed by atoms with van der Waals surface area (Å²) in [7, 11) is 0. The maximum absolute atomic E-state index is 6.44. The van der Waals surface area contributed by atoms with Crippen LogP contribution in [0, 0.1) is 5.92 Å². The van der Waals surface area contributed by atoms with Crippen LogP contribution in [0.15, 0.2) is 30.5 Å². The Morgan fingerprint density at radius 3 is 2.55 bits per heavy atom. The monoisotopic (exact) mass is 317 g/mol. The van der Waals surface area contributed by atoms with Crippen molar-refractivity contribution < 1.29 is 0 Å². The van der Waals surface area contributed by atoms with E-state index in [0.29, 0.717) is 0 Å². The standard InChI is InChI=1S/C18H24ClN3/c1-14(2)12-21-8-10-22(11-9-21)13-16-17(19)6-5-15-4-3-7-20-18(15)16/h3-7,14H,8-13H2,1-2H3. The van der Waals surface area contributed by atoms with Gasteiger partial charge < -0.3 is 4.90 Å². The van der Waals surface area contributed by atoms with Crippen molar-refractivity contribution >= 4 is 22.5 Å². The van der Waals surface area contributed by atoms with Gasteiger partial charge in [-0.15, -0.1) is 0 Å². The molecule has 2 heterocycles. The van der Waals surface area contributed by atoms with E-state index in [2.05, 4.69) is 40.8 Å². The first-order chi connectivity index (χ1) is 10.6. The fourth-order valence-corrected chi connectivity index (χ4v) is 3.41. The number of piperazine rings is 1. The Hall–Kier alpha value is -1.16. The molecule has 118 valence electrons. The van der Waals surface area contributed by atoms with Gasteiger partial charge in [0.05, 0.1) is 5.52 Å². The highest BCUT2D eigenvalue weighted by atomic mass is 35.5. The minimum absolute atomic E-state index is 0.739. The molecule has 2 aromatic rings. The molecule has 0 aliphatic carbocycles. The zero-order chi connectivity index (χ0) is 15.5. The van der Waals surface area contributed by atoms with E-state index < -0.39 is 0 Å². The third-order valence-electron chi connectivity index (χ3n) is 4.29. The average molecular weight is 318 g/mol. The van der Waals surface area contributed by atoms with E-state index in [9.17, 15) is 0 Å². The molecular formula is C18H24ClN3. The number of fused-ring (bicyclic) bond motifs is 1. The van der Waals surface area contributed by atoms with Gasteiger partial charge in [-0.1, -0.05) is 37.6 Å². The molecular weight excluding hydrogens is 294 g/mol. The summed E-state index contributed by atoms with van der Waals surface area (Å²) < 4.78 is 0. The Morgan fingerprint density at radius 2 is 1.82 bits per heavy atom. The molecule has 1 aliphatic heterocycles. The van der Waals surface area contributed by atoms with Gasteiger partial charge in [0.25, 0.3) is 0 Å². The summed E-state index contributed by atoms with van der Waals surface area (Å²) in [6.45, 7) is 11.2. The lowest BCUT2D eigenvalue weighted by molar-refractivity contribution is 0.118. The van der Waals surface area contributed by atoms with E-state index in [1.807, 2.05) is 18.3 Å². The minimum Gasteiger partial charge on any atom is -0.301 e. The van der Waals surface area contributed by atoms with Crippen LogP contribution in [0.3, 0.4) is 0 Å². The summed E-state index contributed by atoms with van der Waals surface area (Å²) in [5, 5.41) is 2.00. The van der Waals surface area contributed by atoms with Gasteiger partial charge in [-0.25, -0.2) is 0 Å². The summed E-state index contributed by atoms with van der Waals surface area (Å²) in [5.41, 5.74) is 2.21. The molecule has 1 aromatic heterocycles. The van der Waals surface area contributed by atoms with Gasteiger partial charge in [-0.3, -0.25) is 9.88 Å². The normalized spacial score (nSPS) is 17.5. The van der Waals surface area contributed by atoms with Crippen LogP contribution in [0.2, 0.25) is 5.02 Å². The van der Waals surface area contributed by atoms with Crippen LogP contribution < -0.4 is 0 Å². The lowest BCUT2D eigenvalue weighted by atomic mass is 10.1. The zero-order valence-corrected chi connectivity index (χ0v) is 14.2. The van der Waals surface area contributed by atoms with Gasteiger partial charge in [0.1, 0.15) is 0 Å². The molecule has 1 fully saturated rings. The van der Waals surface area contributed by atoms with E-state index >= 15 is 0 Å². The summed E-state index contributed by atoms with van der Waals surface area (Å²) in [6.07, 6.45) is 1.85. The Morgan fingerprint density at radius 1 is 1.09 bits per heavy atom. The van der Waals surface area contributed by atoms with Crippen molar-refractivity contribution in [1.82, 2.24) is 14.8 Å². The fraction of sp³-hybridized carbons (Fsp3) is 0.500. The van der Waals surface area contributed by atoms with Gasteiger partial charge >= 0.3 is 0 Å². The number of benzene rings is 1. The van der Waals surface area contributed by atoms with Crippen molar-refractivity contribution in [3.63, 3.8) is 0 Å². The van der Waals surface area contributed by atoms with E-state index in [0.717, 1.165) is 54.7 Å². The molecule has 3 nitrogen and oxygen atoms in total. The molecule has 22 heavy (non-hydrogen) atoms. The predicted octanol–water partition coefficient (Wildman–Crippen LogP) is 3.66. The van der Waals surface area contributed by atoms with Crippen molar-refractivity contribution in [3.05, 3.63) is 41.0 Å². The smallest absolute Gasteiger partial charge is 0.0761 e. The van der Waals surface area contributed by atoms with Crippen molar-refractivity contribution in [1.29, 1.82) is 0 Å². The van der Waals surface area contributed by atoms with Crippen molar-refractivity contribution in [2.24, 2.45) is 5.92 Å². The van der Waals surface area contributed by atoms with Gasteiger partial charge in [-0.05, 0) is 18.1 Å². The Balaban J connectivity index is 1.71. The summed E-state index contributed by atoms with van der Waals surface area (Å²) >= 11 is 6.44. The zero-order valence-electron chi connectivity index (χ0n) is 13.4. The van der Waals surface area contributed by atoms with Crippen LogP contribution in [0.1, 0.15) is 19.4 Å². The predicted molar refractivity (Wildman–Crippen MR) is 93.3 cm³/mol. The number of halogens is 1. The largest absolute Gasteiger partial charge is 0.301 e. The molecule has 0 radical (unpaired) electrons. The van der Waals surface area contributed by atoms with Crippen LogP contribution in [0.4, 0.5) is 0 Å². The molecule has 4 heteroatoms. The highest BCUT2D eigenvalue weighted by molar-refractivity contribution is 6.32. The molecule has 0 amide bonds. The van der Waals surface area contributed by atoms with Crippen molar-refractivity contribution in [2.45, 2.75) is 20.4 Å². The third-order valence-corrected chi connectivity index (χ3v) is 4.65. The van der Waals surface area contributed by atoms with Crippen LogP contribution in [0.5, 0.6) is 0 Å². The van der Waals surface area contributed by atoms with Crippen molar-refractivity contribution in [3.8, 4) is 0 Å². The van der Waals surface area contributed by atoms with Crippen LogP contribution in [-0.2, 0) is 6.54 Å². The highest BCUT2D eigenvalue weighted by Crippen LogP contribution is 2.26. The highest BCUT2D eigenvalue weighted by Gasteiger charge is 2.19. The molecule has 0 spiro atoms. The molecule has 0 bridgehead atoms. The number of rotatable bonds is 4. The molecule has 1 aliphatic rings. The first-order valence-electron chi connectivity index (χ1n) is 8.10. The summed E-state index contributed by atoms with van der Waals surface area (Å²) in [5.74, 6) is 0.739. The summed E-state index contributed by atoms with van der Waals surface area (Å²) in [4.78, 5) is 9.59. The lowest BCUT2D eigenvalue weighted by Gasteiger charge is -2.35. The SMILES string of the molecule is CC(C)CN1CCN(Cc2c(Cl)ccc3cccnc23)CC1. The maximum Gasteiger partial charge on any atom is 0.0761 e. The topological polar surface area (TPSA) is 19.4 Å². The molecule has 3 rings (SSSR count). The van der Waals surface area contributed by atoms with E-state index in [4.69, 9.17) is 11.6 Å². The van der Waals surface area contributed by atoms with E-state index in [1.165, 1.54) is 11.9 Å². The number of pyridine rings is 1. The molecule has 0 unspecified atom stereocenters. The first kappa shape index (κ1) is 15.7. The molecule has 0 N–H and O–H groups in total. The Kier molecular flexibility index (Phi) is 4.97. The van der Waals surface area contributed by atoms with Crippen LogP contribution >= 0.6 is 11.6 Å². The Labute approximate surface area is 137 Å². The van der Waals surface area contributed by atoms with E-state index in [-0.39, 0.29) is 0 Å². The third kappa shape index (κ3) is 3.60. The lowest BCUT2D eigenvalue weighted by Crippen LogP contribution is -2.46. The number of hydrogen-bond acceptors (Lipinski definition) is 3. The van der Waals surface area contributed by atoms with E-state index in [1.54, 1.807) is 0 Å². The molecule has 0 saturated carbocycles. The second kappa shape index (κ2) is 6.95. The minimum atomic E-state index is 0.739. The fourth-order valence-electron chi connectivity index (χ4n) is 3.20. The van der Waals surface area contributed by atoms with Crippen LogP contribution in [0.25, 0.3) is 10.9 Å². The second-order valence-electron chi connectivity index (χ2n) is 6.57. The van der Waals surface area contributed by atoms with Crippen LogP contribution in [-0.4, -0.2) is 47.5 Å². The Bertz CT molecular complexity index is 633. The maximum atomic E-state index is 6.44. The molecule has 1 saturated heterocycles. The van der Waals surface area contributed by atoms with Gasteiger partial charge in [0.15, 0.2) is 0 Å². The average Bonchev–Trinajstić information content (AvgIpc) is 2.51. The van der Waals surface area contributed by atoms with Gasteiger partial charge in [-0.2, -0.15) is 0 Å². The van der Waals surface area contributed by atoms with Gasteiger partial charge in [0, 0.05) is 61.4 Å². The molecule has 1 aromatic carbocycles. The number of nitrogens with zero attached hydrogens (tertiary/aromatic N) is 3. The number of aromatic nitrogens is 1. The van der Waals surface area contributed by atoms with Crippen molar-refractivity contribution in [2.75, 3.05) is 32.7 Å². The van der Waals surface area contributed by atoms with Gasteiger partial charge in [0.2, 0.25) is 0 Å². The molecule has 0 atom stereocenters. The second-order valence-corrected chi connectivity index (χ2v) is 6.98. The first-order valence-corrected chi connectivity index (χ1v) is 8.48. The quantitative estimate of drug-likeness (QED) is 0.858.